The lowest BCUT2D eigenvalue weighted by Gasteiger charge is -2.18. The zero-order chi connectivity index (χ0) is 15.5. The molecule has 0 unspecified atom stereocenters. The smallest absolute Gasteiger partial charge is 0.225 e. The number of nitrogens with zero attached hydrogens (tertiary/aromatic N) is 3. The van der Waals surface area contributed by atoms with Gasteiger partial charge in [-0.2, -0.15) is 0 Å². The Kier molecular flexibility index (Phi) is 4.24. The maximum atomic E-state index is 5.34. The molecule has 3 rings (SSSR count). The monoisotopic (exact) mass is 298 g/mol. The fraction of sp³-hybridized carbons (Fsp3) is 0.412. The van der Waals surface area contributed by atoms with Crippen molar-refractivity contribution in [2.75, 3.05) is 32.6 Å². The molecule has 22 heavy (non-hydrogen) atoms. The number of methoxy groups -OCH3 is 1. The summed E-state index contributed by atoms with van der Waals surface area (Å²) >= 11 is 0. The van der Waals surface area contributed by atoms with Crippen LogP contribution in [-0.4, -0.2) is 37.7 Å². The summed E-state index contributed by atoms with van der Waals surface area (Å²) in [6.07, 6.45) is 4.22. The number of benzene rings is 1. The van der Waals surface area contributed by atoms with Crippen molar-refractivity contribution in [2.24, 2.45) is 0 Å². The van der Waals surface area contributed by atoms with Gasteiger partial charge in [-0.25, -0.2) is 9.97 Å². The van der Waals surface area contributed by atoms with Gasteiger partial charge in [-0.3, -0.25) is 0 Å². The maximum absolute atomic E-state index is 5.34. The topological polar surface area (TPSA) is 50.3 Å². The van der Waals surface area contributed by atoms with E-state index >= 15 is 0 Å². The van der Waals surface area contributed by atoms with Gasteiger partial charge < -0.3 is 15.0 Å². The molecule has 1 saturated heterocycles. The second-order valence-electron chi connectivity index (χ2n) is 5.74. The van der Waals surface area contributed by atoms with Crippen LogP contribution >= 0.6 is 0 Å². The highest BCUT2D eigenvalue weighted by atomic mass is 16.5. The molecule has 2 aromatic rings. The zero-order valence-corrected chi connectivity index (χ0v) is 13.3. The van der Waals surface area contributed by atoms with Crippen LogP contribution in [0.4, 0.5) is 5.95 Å². The lowest BCUT2D eigenvalue weighted by molar-refractivity contribution is 0.415. The van der Waals surface area contributed by atoms with Gasteiger partial charge in [-0.05, 0) is 37.1 Å². The third kappa shape index (κ3) is 2.90. The number of nitrogens with one attached hydrogen (secondary N) is 1. The van der Waals surface area contributed by atoms with E-state index in [0.717, 1.165) is 41.5 Å². The summed E-state index contributed by atoms with van der Waals surface area (Å²) in [7, 11) is 5.61. The molecule has 0 amide bonds. The van der Waals surface area contributed by atoms with E-state index in [-0.39, 0.29) is 0 Å². The minimum absolute atomic E-state index is 0.294. The van der Waals surface area contributed by atoms with E-state index in [1.54, 1.807) is 7.11 Å². The third-order valence-corrected chi connectivity index (χ3v) is 3.98. The van der Waals surface area contributed by atoms with Crippen molar-refractivity contribution in [3.05, 3.63) is 36.2 Å². The largest absolute Gasteiger partial charge is 0.497 e. The van der Waals surface area contributed by atoms with Gasteiger partial charge in [0.1, 0.15) is 5.75 Å². The lowest BCUT2D eigenvalue weighted by atomic mass is 10.0. The summed E-state index contributed by atoms with van der Waals surface area (Å²) in [5, 5.41) is 3.54. The molecule has 2 heterocycles. The van der Waals surface area contributed by atoms with Gasteiger partial charge in [0.05, 0.1) is 18.8 Å². The molecule has 1 aliphatic heterocycles. The molecule has 1 aromatic heterocycles. The van der Waals surface area contributed by atoms with Crippen LogP contribution in [0.1, 0.15) is 24.6 Å². The van der Waals surface area contributed by atoms with Gasteiger partial charge in [0, 0.05) is 25.9 Å². The van der Waals surface area contributed by atoms with Crippen molar-refractivity contribution in [2.45, 2.75) is 18.9 Å². The summed E-state index contributed by atoms with van der Waals surface area (Å²) in [6.45, 7) is 1.05. The minimum Gasteiger partial charge on any atom is -0.497 e. The van der Waals surface area contributed by atoms with E-state index in [0.29, 0.717) is 6.04 Å². The molecule has 1 aliphatic rings. The average Bonchev–Trinajstić information content (AvgIpc) is 3.08. The molecular formula is C17H22N4O. The van der Waals surface area contributed by atoms with Gasteiger partial charge >= 0.3 is 0 Å². The first kappa shape index (κ1) is 14.8. The molecule has 116 valence electrons. The molecule has 0 saturated carbocycles. The first-order valence-electron chi connectivity index (χ1n) is 7.61. The van der Waals surface area contributed by atoms with Crippen LogP contribution < -0.4 is 15.0 Å². The maximum Gasteiger partial charge on any atom is 0.225 e. The summed E-state index contributed by atoms with van der Waals surface area (Å²) in [4.78, 5) is 11.2. The van der Waals surface area contributed by atoms with E-state index in [1.807, 2.05) is 43.4 Å². The standard InChI is InChI=1S/C17H22N4O/c1-21(2)17-19-11-14(12-6-4-7-13(10-12)22-3)16(20-17)15-8-5-9-18-15/h4,6-7,10-11,15,18H,5,8-9H2,1-3H3/t15-/m1/s1. The molecular weight excluding hydrogens is 276 g/mol. The predicted octanol–water partition coefficient (Wildman–Crippen LogP) is 2.64. The van der Waals surface area contributed by atoms with Crippen LogP contribution in [-0.2, 0) is 0 Å². The fourth-order valence-electron chi connectivity index (χ4n) is 2.80. The highest BCUT2D eigenvalue weighted by Crippen LogP contribution is 2.33. The predicted molar refractivity (Wildman–Crippen MR) is 88.3 cm³/mol. The van der Waals surface area contributed by atoms with Gasteiger partial charge in [-0.1, -0.05) is 12.1 Å². The van der Waals surface area contributed by atoms with Crippen molar-refractivity contribution in [3.63, 3.8) is 0 Å². The van der Waals surface area contributed by atoms with Crippen LogP contribution in [0.15, 0.2) is 30.5 Å². The quantitative estimate of drug-likeness (QED) is 0.940. The Labute approximate surface area is 131 Å². The molecule has 1 aromatic carbocycles. The molecule has 0 bridgehead atoms. The van der Waals surface area contributed by atoms with Crippen molar-refractivity contribution < 1.29 is 4.74 Å². The van der Waals surface area contributed by atoms with Gasteiger partial charge in [-0.15, -0.1) is 0 Å². The van der Waals surface area contributed by atoms with E-state index in [9.17, 15) is 0 Å². The number of anilines is 1. The summed E-state index contributed by atoms with van der Waals surface area (Å²) in [5.74, 6) is 1.59. The number of hydrogen-bond acceptors (Lipinski definition) is 5. The van der Waals surface area contributed by atoms with E-state index in [2.05, 4.69) is 16.4 Å². The zero-order valence-electron chi connectivity index (χ0n) is 13.3. The molecule has 0 aliphatic carbocycles. The minimum atomic E-state index is 0.294. The summed E-state index contributed by atoms with van der Waals surface area (Å²) in [6, 6.07) is 8.36. The highest BCUT2D eigenvalue weighted by molar-refractivity contribution is 5.68. The molecule has 0 radical (unpaired) electrons. The van der Waals surface area contributed by atoms with E-state index in [4.69, 9.17) is 9.72 Å². The van der Waals surface area contributed by atoms with Gasteiger partial charge in [0.2, 0.25) is 5.95 Å². The SMILES string of the molecule is COc1cccc(-c2cnc(N(C)C)nc2[C@H]2CCCN2)c1. The van der Waals surface area contributed by atoms with Crippen molar-refractivity contribution >= 4 is 5.95 Å². The summed E-state index contributed by atoms with van der Waals surface area (Å²) < 4.78 is 5.34. The number of ether oxygens (including phenoxy) is 1. The molecule has 0 spiro atoms. The van der Waals surface area contributed by atoms with Crippen molar-refractivity contribution in [1.82, 2.24) is 15.3 Å². The Hall–Kier alpha value is -2.14. The van der Waals surface area contributed by atoms with Crippen molar-refractivity contribution in [3.8, 4) is 16.9 Å². The fourth-order valence-corrected chi connectivity index (χ4v) is 2.80. The number of rotatable bonds is 4. The normalized spacial score (nSPS) is 17.5. The van der Waals surface area contributed by atoms with Crippen LogP contribution in [0, 0.1) is 0 Å². The Morgan fingerprint density at radius 2 is 2.18 bits per heavy atom. The van der Waals surface area contributed by atoms with E-state index in [1.165, 1.54) is 6.42 Å². The molecule has 1 atom stereocenters. The second kappa shape index (κ2) is 6.32. The van der Waals surface area contributed by atoms with Crippen LogP contribution in [0.2, 0.25) is 0 Å². The van der Waals surface area contributed by atoms with Gasteiger partial charge in [0.15, 0.2) is 0 Å². The third-order valence-electron chi connectivity index (χ3n) is 3.98. The Bertz CT molecular complexity index is 651. The number of hydrogen-bond donors (Lipinski definition) is 1. The van der Waals surface area contributed by atoms with Crippen LogP contribution in [0.25, 0.3) is 11.1 Å². The Balaban J connectivity index is 2.08. The summed E-state index contributed by atoms with van der Waals surface area (Å²) in [5.41, 5.74) is 3.24. The Morgan fingerprint density at radius 3 is 2.86 bits per heavy atom. The molecule has 1 fully saturated rings. The van der Waals surface area contributed by atoms with Gasteiger partial charge in [0.25, 0.3) is 0 Å². The first-order valence-corrected chi connectivity index (χ1v) is 7.61. The van der Waals surface area contributed by atoms with Crippen molar-refractivity contribution in [1.29, 1.82) is 0 Å². The Morgan fingerprint density at radius 1 is 1.32 bits per heavy atom. The number of aromatic nitrogens is 2. The molecule has 5 heteroatoms. The molecule has 5 nitrogen and oxygen atoms in total. The van der Waals surface area contributed by atoms with Crippen LogP contribution in [0.5, 0.6) is 5.75 Å². The second-order valence-corrected chi connectivity index (χ2v) is 5.74. The van der Waals surface area contributed by atoms with E-state index < -0.39 is 0 Å². The first-order chi connectivity index (χ1) is 10.7. The van der Waals surface area contributed by atoms with Crippen LogP contribution in [0.3, 0.4) is 0 Å². The molecule has 1 N–H and O–H groups in total. The lowest BCUT2D eigenvalue weighted by Crippen LogP contribution is -2.19. The average molecular weight is 298 g/mol. The highest BCUT2D eigenvalue weighted by Gasteiger charge is 2.23.